The van der Waals surface area contributed by atoms with Gasteiger partial charge in [-0.2, -0.15) is 5.06 Å². The lowest BCUT2D eigenvalue weighted by molar-refractivity contribution is -0.182. The molecule has 0 aromatic carbocycles. The summed E-state index contributed by atoms with van der Waals surface area (Å²) in [4.78, 5) is 29.1. The van der Waals surface area contributed by atoms with Gasteiger partial charge in [-0.05, 0) is 12.8 Å². The molecule has 0 atom stereocenters. The monoisotopic (exact) mass is 184 g/mol. The Kier molecular flexibility index (Phi) is 2.05. The van der Waals surface area contributed by atoms with Gasteiger partial charge in [0.2, 0.25) is 11.8 Å². The molecule has 5 heteroatoms. The first-order valence-electron chi connectivity index (χ1n) is 4.36. The van der Waals surface area contributed by atoms with Crippen LogP contribution in [0, 0.1) is 0 Å². The van der Waals surface area contributed by atoms with E-state index in [1.54, 1.807) is 0 Å². The minimum Gasteiger partial charge on any atom is -0.301 e. The second-order valence-corrected chi connectivity index (χ2v) is 3.37. The summed E-state index contributed by atoms with van der Waals surface area (Å²) in [6, 6.07) is 0.180. The zero-order valence-corrected chi connectivity index (χ0v) is 7.52. The Labute approximate surface area is 76.2 Å². The molecular formula is C8H12N2O3. The van der Waals surface area contributed by atoms with E-state index in [9.17, 15) is 9.59 Å². The van der Waals surface area contributed by atoms with Crippen LogP contribution in [0.15, 0.2) is 0 Å². The summed E-state index contributed by atoms with van der Waals surface area (Å²) >= 11 is 0. The summed E-state index contributed by atoms with van der Waals surface area (Å²) in [5, 5.41) is 1.38. The van der Waals surface area contributed by atoms with Crippen LogP contribution < -0.4 is 0 Å². The topological polar surface area (TPSA) is 49.9 Å². The Morgan fingerprint density at radius 2 is 1.77 bits per heavy atom. The van der Waals surface area contributed by atoms with E-state index in [2.05, 4.69) is 0 Å². The molecule has 0 unspecified atom stereocenters. The molecule has 2 amide bonds. The molecule has 2 rings (SSSR count). The fourth-order valence-corrected chi connectivity index (χ4v) is 1.52. The predicted molar refractivity (Wildman–Crippen MR) is 43.5 cm³/mol. The van der Waals surface area contributed by atoms with Gasteiger partial charge >= 0.3 is 0 Å². The van der Waals surface area contributed by atoms with Crippen molar-refractivity contribution in [2.24, 2.45) is 0 Å². The highest BCUT2D eigenvalue weighted by Gasteiger charge is 2.40. The average molecular weight is 184 g/mol. The van der Waals surface area contributed by atoms with Crippen LogP contribution in [-0.4, -0.2) is 48.0 Å². The lowest BCUT2D eigenvalue weighted by Gasteiger charge is -2.30. The van der Waals surface area contributed by atoms with Crippen LogP contribution in [0.3, 0.4) is 0 Å². The van der Waals surface area contributed by atoms with Gasteiger partial charge < -0.3 is 4.84 Å². The summed E-state index contributed by atoms with van der Waals surface area (Å²) in [5.41, 5.74) is 0. The molecule has 1 saturated carbocycles. The van der Waals surface area contributed by atoms with E-state index < -0.39 is 0 Å². The van der Waals surface area contributed by atoms with E-state index in [1.807, 2.05) is 0 Å². The third-order valence-electron chi connectivity index (χ3n) is 2.33. The molecule has 0 radical (unpaired) electrons. The number of hydrogen-bond acceptors (Lipinski definition) is 4. The number of imide groups is 1. The maximum Gasteiger partial charge on any atom is 0.246 e. The average Bonchev–Trinajstić information content (AvgIpc) is 2.87. The second kappa shape index (κ2) is 3.08. The molecule has 0 bridgehead atoms. The van der Waals surface area contributed by atoms with Crippen molar-refractivity contribution in [3.63, 3.8) is 0 Å². The van der Waals surface area contributed by atoms with Crippen molar-refractivity contribution in [3.05, 3.63) is 0 Å². The normalized spacial score (nSPS) is 25.5. The first-order valence-corrected chi connectivity index (χ1v) is 4.36. The third kappa shape index (κ3) is 1.57. The summed E-state index contributed by atoms with van der Waals surface area (Å²) in [6.07, 6.45) is 1.93. The van der Waals surface area contributed by atoms with Gasteiger partial charge in [-0.15, -0.1) is 0 Å². The number of rotatable bonds is 2. The SMILES string of the molecule is CON1CC(=O)N(C2CC2)C(=O)C1. The minimum absolute atomic E-state index is 0.138. The van der Waals surface area contributed by atoms with Gasteiger partial charge in [0, 0.05) is 6.04 Å². The Balaban J connectivity index is 2.05. The number of amides is 2. The van der Waals surface area contributed by atoms with Crippen molar-refractivity contribution < 1.29 is 14.4 Å². The fraction of sp³-hybridized carbons (Fsp3) is 0.750. The first-order chi connectivity index (χ1) is 6.22. The lowest BCUT2D eigenvalue weighted by atomic mass is 10.3. The van der Waals surface area contributed by atoms with Crippen LogP contribution in [0.5, 0.6) is 0 Å². The van der Waals surface area contributed by atoms with Crippen molar-refractivity contribution in [1.82, 2.24) is 9.96 Å². The molecular weight excluding hydrogens is 172 g/mol. The van der Waals surface area contributed by atoms with Gasteiger partial charge in [0.15, 0.2) is 0 Å². The zero-order valence-electron chi connectivity index (χ0n) is 7.52. The van der Waals surface area contributed by atoms with Gasteiger partial charge in [0.25, 0.3) is 0 Å². The van der Waals surface area contributed by atoms with Crippen LogP contribution in [0.2, 0.25) is 0 Å². The van der Waals surface area contributed by atoms with Crippen LogP contribution in [0.25, 0.3) is 0 Å². The van der Waals surface area contributed by atoms with Crippen molar-refractivity contribution in [3.8, 4) is 0 Å². The van der Waals surface area contributed by atoms with E-state index in [-0.39, 0.29) is 30.9 Å². The van der Waals surface area contributed by atoms with Crippen LogP contribution >= 0.6 is 0 Å². The van der Waals surface area contributed by atoms with Gasteiger partial charge in [-0.25, -0.2) is 0 Å². The maximum atomic E-state index is 11.4. The van der Waals surface area contributed by atoms with Gasteiger partial charge in [-0.3, -0.25) is 14.5 Å². The smallest absolute Gasteiger partial charge is 0.246 e. The predicted octanol–water partition coefficient (Wildman–Crippen LogP) is -0.619. The maximum absolute atomic E-state index is 11.4. The highest BCUT2D eigenvalue weighted by atomic mass is 16.7. The largest absolute Gasteiger partial charge is 0.301 e. The fourth-order valence-electron chi connectivity index (χ4n) is 1.52. The van der Waals surface area contributed by atoms with E-state index in [0.717, 1.165) is 12.8 Å². The number of nitrogens with zero attached hydrogens (tertiary/aromatic N) is 2. The van der Waals surface area contributed by atoms with Gasteiger partial charge in [0.1, 0.15) is 13.1 Å². The number of piperazine rings is 1. The highest BCUT2D eigenvalue weighted by Crippen LogP contribution is 2.28. The Bertz CT molecular complexity index is 232. The quantitative estimate of drug-likeness (QED) is 0.537. The van der Waals surface area contributed by atoms with Gasteiger partial charge in [0.05, 0.1) is 7.11 Å². The molecule has 1 heterocycles. The number of carbonyl (C=O) groups excluding carboxylic acids is 2. The lowest BCUT2D eigenvalue weighted by Crippen LogP contribution is -2.54. The molecule has 0 aromatic rings. The summed E-state index contributed by atoms with van der Waals surface area (Å²) in [6.45, 7) is 0.386. The van der Waals surface area contributed by atoms with Crippen LogP contribution in [0.1, 0.15) is 12.8 Å². The molecule has 13 heavy (non-hydrogen) atoms. The molecule has 2 fully saturated rings. The molecule has 2 aliphatic rings. The number of hydroxylamine groups is 2. The van der Waals surface area contributed by atoms with E-state index >= 15 is 0 Å². The first kappa shape index (κ1) is 8.65. The zero-order chi connectivity index (χ0) is 9.42. The molecule has 72 valence electrons. The Morgan fingerprint density at radius 3 is 2.15 bits per heavy atom. The van der Waals surface area contributed by atoms with Crippen molar-refractivity contribution >= 4 is 11.8 Å². The van der Waals surface area contributed by atoms with Gasteiger partial charge in [-0.1, -0.05) is 0 Å². The highest BCUT2D eigenvalue weighted by molar-refractivity contribution is 5.99. The van der Waals surface area contributed by atoms with Crippen molar-refractivity contribution in [1.29, 1.82) is 0 Å². The third-order valence-corrected chi connectivity index (χ3v) is 2.33. The van der Waals surface area contributed by atoms with Crippen molar-refractivity contribution in [2.45, 2.75) is 18.9 Å². The van der Waals surface area contributed by atoms with Crippen LogP contribution in [-0.2, 0) is 14.4 Å². The molecule has 1 saturated heterocycles. The number of hydrogen-bond donors (Lipinski definition) is 0. The van der Waals surface area contributed by atoms with E-state index in [4.69, 9.17) is 4.84 Å². The minimum atomic E-state index is -0.138. The van der Waals surface area contributed by atoms with E-state index in [0.29, 0.717) is 0 Å². The Morgan fingerprint density at radius 1 is 1.23 bits per heavy atom. The number of carbonyl (C=O) groups is 2. The molecule has 0 aromatic heterocycles. The summed E-state index contributed by atoms with van der Waals surface area (Å²) in [7, 11) is 1.47. The molecule has 5 nitrogen and oxygen atoms in total. The summed E-state index contributed by atoms with van der Waals surface area (Å²) in [5.74, 6) is -0.277. The van der Waals surface area contributed by atoms with E-state index in [1.165, 1.54) is 17.1 Å². The summed E-state index contributed by atoms with van der Waals surface area (Å²) < 4.78 is 0. The standard InChI is InChI=1S/C8H12N2O3/c1-13-9-4-7(11)10(6-2-3-6)8(12)5-9/h6H,2-5H2,1H3. The molecule has 0 N–H and O–H groups in total. The van der Waals surface area contributed by atoms with Crippen LogP contribution in [0.4, 0.5) is 0 Å². The molecule has 0 spiro atoms. The second-order valence-electron chi connectivity index (χ2n) is 3.37. The molecule has 1 aliphatic carbocycles. The molecule has 1 aliphatic heterocycles. The Hall–Kier alpha value is -0.940. The van der Waals surface area contributed by atoms with Crippen molar-refractivity contribution in [2.75, 3.05) is 20.2 Å².